The summed E-state index contributed by atoms with van der Waals surface area (Å²) in [5, 5.41) is 9.04. The smallest absolute Gasteiger partial charge is 0.349 e. The zero-order valence-electron chi connectivity index (χ0n) is 10.5. The Morgan fingerprint density at radius 1 is 1.53 bits per heavy atom. The summed E-state index contributed by atoms with van der Waals surface area (Å²) < 4.78 is 5.53. The molecule has 1 aromatic rings. The number of thiophene rings is 1. The van der Waals surface area contributed by atoms with Gasteiger partial charge in [-0.3, -0.25) is 0 Å². The first-order valence-corrected chi connectivity index (χ1v) is 6.49. The van der Waals surface area contributed by atoms with Gasteiger partial charge in [-0.15, -0.1) is 11.3 Å². The van der Waals surface area contributed by atoms with Crippen molar-refractivity contribution in [3.05, 3.63) is 15.8 Å². The van der Waals surface area contributed by atoms with Crippen molar-refractivity contribution < 1.29 is 14.6 Å². The van der Waals surface area contributed by atoms with Crippen molar-refractivity contribution >= 4 is 17.3 Å². The molecule has 0 fully saturated rings. The number of carboxylic acid groups (broad SMARTS) is 1. The Morgan fingerprint density at radius 3 is 2.76 bits per heavy atom. The van der Waals surface area contributed by atoms with Gasteiger partial charge < -0.3 is 14.7 Å². The Bertz CT molecular complexity index is 374. The van der Waals surface area contributed by atoms with Crippen molar-refractivity contribution in [2.75, 3.05) is 27.2 Å². The Kier molecular flexibility index (Phi) is 5.44. The standard InChI is InChI=1S/C12H19NO3S/c1-4-9-8-10(11(17-9)12(14)15)16-7-5-6-13(2)3/h8H,4-7H2,1-3H3,(H,14,15). The monoisotopic (exact) mass is 257 g/mol. The molecule has 17 heavy (non-hydrogen) atoms. The van der Waals surface area contributed by atoms with Gasteiger partial charge >= 0.3 is 5.97 Å². The Balaban J connectivity index is 2.57. The third-order valence-corrected chi connectivity index (χ3v) is 3.55. The minimum absolute atomic E-state index is 0.312. The molecule has 0 saturated carbocycles. The molecule has 0 unspecified atom stereocenters. The molecule has 4 nitrogen and oxygen atoms in total. The van der Waals surface area contributed by atoms with Crippen LogP contribution in [0.2, 0.25) is 0 Å². The van der Waals surface area contributed by atoms with Gasteiger partial charge in [0.2, 0.25) is 0 Å². The normalized spacial score (nSPS) is 10.8. The lowest BCUT2D eigenvalue weighted by molar-refractivity contribution is 0.0698. The first-order chi connectivity index (χ1) is 8.04. The first kappa shape index (κ1) is 14.0. The van der Waals surface area contributed by atoms with E-state index in [-0.39, 0.29) is 0 Å². The van der Waals surface area contributed by atoms with Crippen molar-refractivity contribution in [1.82, 2.24) is 4.90 Å². The fraction of sp³-hybridized carbons (Fsp3) is 0.583. The van der Waals surface area contributed by atoms with Crippen molar-refractivity contribution in [3.8, 4) is 5.75 Å². The molecule has 0 amide bonds. The lowest BCUT2D eigenvalue weighted by Gasteiger charge is -2.09. The second-order valence-electron chi connectivity index (χ2n) is 4.07. The maximum absolute atomic E-state index is 11.0. The van der Waals surface area contributed by atoms with Crippen molar-refractivity contribution in [2.24, 2.45) is 0 Å². The third kappa shape index (κ3) is 4.36. The zero-order chi connectivity index (χ0) is 12.8. The van der Waals surface area contributed by atoms with E-state index in [1.165, 1.54) is 11.3 Å². The van der Waals surface area contributed by atoms with Crippen LogP contribution in [0.4, 0.5) is 0 Å². The number of carboxylic acids is 1. The van der Waals surface area contributed by atoms with Crippen molar-refractivity contribution in [3.63, 3.8) is 0 Å². The average molecular weight is 257 g/mol. The van der Waals surface area contributed by atoms with Crippen LogP contribution in [0.15, 0.2) is 6.07 Å². The molecular weight excluding hydrogens is 238 g/mol. The average Bonchev–Trinajstić information content (AvgIpc) is 2.67. The van der Waals surface area contributed by atoms with Gasteiger partial charge in [0, 0.05) is 11.4 Å². The molecule has 0 radical (unpaired) electrons. The maximum Gasteiger partial charge on any atom is 0.349 e. The van der Waals surface area contributed by atoms with Crippen LogP contribution in [0.5, 0.6) is 5.75 Å². The van der Waals surface area contributed by atoms with Crippen LogP contribution in [0.1, 0.15) is 27.9 Å². The van der Waals surface area contributed by atoms with E-state index in [0.717, 1.165) is 24.3 Å². The zero-order valence-corrected chi connectivity index (χ0v) is 11.3. The number of nitrogens with zero attached hydrogens (tertiary/aromatic N) is 1. The Morgan fingerprint density at radius 2 is 2.24 bits per heavy atom. The van der Waals surface area contributed by atoms with Crippen LogP contribution in [-0.2, 0) is 6.42 Å². The van der Waals surface area contributed by atoms with Gasteiger partial charge in [-0.1, -0.05) is 6.92 Å². The van der Waals surface area contributed by atoms with Crippen molar-refractivity contribution in [2.45, 2.75) is 19.8 Å². The van der Waals surface area contributed by atoms with E-state index >= 15 is 0 Å². The molecule has 1 N–H and O–H groups in total. The van der Waals surface area contributed by atoms with Crippen LogP contribution in [0, 0.1) is 0 Å². The van der Waals surface area contributed by atoms with Gasteiger partial charge in [-0.2, -0.15) is 0 Å². The number of carbonyl (C=O) groups is 1. The molecule has 0 aromatic carbocycles. The number of ether oxygens (including phenoxy) is 1. The summed E-state index contributed by atoms with van der Waals surface area (Å²) in [5.74, 6) is -0.393. The quantitative estimate of drug-likeness (QED) is 0.762. The predicted octanol–water partition coefficient (Wildman–Crippen LogP) is 2.34. The van der Waals surface area contributed by atoms with Gasteiger partial charge in [0.25, 0.3) is 0 Å². The van der Waals surface area contributed by atoms with Gasteiger partial charge in [-0.25, -0.2) is 4.79 Å². The summed E-state index contributed by atoms with van der Waals surface area (Å²) in [6.07, 6.45) is 1.73. The minimum Gasteiger partial charge on any atom is -0.492 e. The van der Waals surface area contributed by atoms with Gasteiger partial charge in [0.15, 0.2) is 4.88 Å². The molecule has 1 heterocycles. The second kappa shape index (κ2) is 6.61. The largest absolute Gasteiger partial charge is 0.492 e. The fourth-order valence-electron chi connectivity index (χ4n) is 1.42. The van der Waals surface area contributed by atoms with Gasteiger partial charge in [0.1, 0.15) is 5.75 Å². The molecule has 0 aliphatic carbocycles. The minimum atomic E-state index is -0.905. The van der Waals surface area contributed by atoms with E-state index in [9.17, 15) is 4.79 Å². The summed E-state index contributed by atoms with van der Waals surface area (Å²) in [7, 11) is 4.00. The number of rotatable bonds is 7. The summed E-state index contributed by atoms with van der Waals surface area (Å²) >= 11 is 1.30. The Hall–Kier alpha value is -1.07. The molecule has 0 aliphatic heterocycles. The maximum atomic E-state index is 11.0. The third-order valence-electron chi connectivity index (χ3n) is 2.30. The predicted molar refractivity (Wildman–Crippen MR) is 69.3 cm³/mol. The summed E-state index contributed by atoms with van der Waals surface area (Å²) in [4.78, 5) is 14.4. The van der Waals surface area contributed by atoms with Gasteiger partial charge in [-0.05, 0) is 33.0 Å². The van der Waals surface area contributed by atoms with E-state index < -0.39 is 5.97 Å². The highest BCUT2D eigenvalue weighted by Crippen LogP contribution is 2.29. The van der Waals surface area contributed by atoms with E-state index in [1.807, 2.05) is 27.1 Å². The van der Waals surface area contributed by atoms with Crippen molar-refractivity contribution in [1.29, 1.82) is 0 Å². The van der Waals surface area contributed by atoms with Crippen LogP contribution in [0.3, 0.4) is 0 Å². The fourth-order valence-corrected chi connectivity index (χ4v) is 2.29. The molecule has 1 aromatic heterocycles. The summed E-state index contributed by atoms with van der Waals surface area (Å²) in [6.45, 7) is 3.50. The molecular formula is C12H19NO3S. The van der Waals surface area contributed by atoms with E-state index in [1.54, 1.807) is 0 Å². The van der Waals surface area contributed by atoms with Crippen LogP contribution in [0.25, 0.3) is 0 Å². The lowest BCUT2D eigenvalue weighted by Crippen LogP contribution is -2.15. The molecule has 0 aliphatic rings. The Labute approximate surface area is 106 Å². The summed E-state index contributed by atoms with van der Waals surface area (Å²) in [6, 6.07) is 1.84. The lowest BCUT2D eigenvalue weighted by atomic mass is 10.3. The molecule has 1 rings (SSSR count). The number of aromatic carboxylic acids is 1. The van der Waals surface area contributed by atoms with Crippen LogP contribution in [-0.4, -0.2) is 43.2 Å². The van der Waals surface area contributed by atoms with Crippen LogP contribution >= 0.6 is 11.3 Å². The highest BCUT2D eigenvalue weighted by atomic mass is 32.1. The molecule has 96 valence electrons. The first-order valence-electron chi connectivity index (χ1n) is 5.68. The molecule has 0 saturated heterocycles. The van der Waals surface area contributed by atoms with E-state index in [2.05, 4.69) is 4.90 Å². The molecule has 5 heteroatoms. The topological polar surface area (TPSA) is 49.8 Å². The number of hydrogen-bond acceptors (Lipinski definition) is 4. The van der Waals surface area contributed by atoms with Crippen LogP contribution < -0.4 is 4.74 Å². The molecule has 0 atom stereocenters. The highest BCUT2D eigenvalue weighted by Gasteiger charge is 2.15. The number of hydrogen-bond donors (Lipinski definition) is 1. The molecule has 0 bridgehead atoms. The number of aryl methyl sites for hydroxylation is 1. The van der Waals surface area contributed by atoms with E-state index in [4.69, 9.17) is 9.84 Å². The van der Waals surface area contributed by atoms with Gasteiger partial charge in [0.05, 0.1) is 6.61 Å². The van der Waals surface area contributed by atoms with E-state index in [0.29, 0.717) is 17.2 Å². The molecule has 0 spiro atoms. The second-order valence-corrected chi connectivity index (χ2v) is 5.21. The summed E-state index contributed by atoms with van der Waals surface area (Å²) in [5.41, 5.74) is 0. The highest BCUT2D eigenvalue weighted by molar-refractivity contribution is 7.14. The SMILES string of the molecule is CCc1cc(OCCCN(C)C)c(C(=O)O)s1.